The molecule has 3 N–H and O–H groups in total. The predicted molar refractivity (Wildman–Crippen MR) is 215 cm³/mol. The summed E-state index contributed by atoms with van der Waals surface area (Å²) < 4.78 is 0. The molecule has 0 radical (unpaired) electrons. The van der Waals surface area contributed by atoms with Crippen molar-refractivity contribution < 1.29 is 14.7 Å². The van der Waals surface area contributed by atoms with E-state index in [0.717, 1.165) is 25.7 Å². The molecule has 1 amide bonds. The highest BCUT2D eigenvalue weighted by atomic mass is 16.4. The summed E-state index contributed by atoms with van der Waals surface area (Å²) in [6, 6.07) is 0. The summed E-state index contributed by atoms with van der Waals surface area (Å²) in [6.07, 6.45) is 57.6. The highest BCUT2D eigenvalue weighted by molar-refractivity contribution is 5.73. The van der Waals surface area contributed by atoms with Crippen LogP contribution in [0.1, 0.15) is 276 Å². The SMILES string of the molecule is NC(=O)CCCCCCCCCCCCCCCCCCCCCCCCCCCCCCCCCCCCCCCCCCCC(=O)O. The molecule has 4 heteroatoms. The van der Waals surface area contributed by atoms with Crippen molar-refractivity contribution in [3.8, 4) is 0 Å². The molecule has 0 heterocycles. The van der Waals surface area contributed by atoms with Gasteiger partial charge in [-0.05, 0) is 12.8 Å². The lowest BCUT2D eigenvalue weighted by Gasteiger charge is -2.05. The lowest BCUT2D eigenvalue weighted by Crippen LogP contribution is -2.09. The van der Waals surface area contributed by atoms with Crippen LogP contribution in [0.15, 0.2) is 0 Å². The third-order valence-corrected chi connectivity index (χ3v) is 10.8. The maximum absolute atomic E-state index is 10.7. The maximum atomic E-state index is 10.7. The van der Waals surface area contributed by atoms with Crippen LogP contribution in [0, 0.1) is 0 Å². The molecule has 0 saturated heterocycles. The van der Waals surface area contributed by atoms with Gasteiger partial charge in [0.25, 0.3) is 0 Å². The molecule has 4 nitrogen and oxygen atoms in total. The van der Waals surface area contributed by atoms with Crippen LogP contribution in [0.2, 0.25) is 0 Å². The number of unbranched alkanes of at least 4 members (excludes halogenated alkanes) is 40. The average molecular weight is 692 g/mol. The summed E-state index contributed by atoms with van der Waals surface area (Å²) in [5, 5.41) is 8.65. The van der Waals surface area contributed by atoms with Gasteiger partial charge >= 0.3 is 5.97 Å². The molecule has 0 unspecified atom stereocenters. The van der Waals surface area contributed by atoms with E-state index < -0.39 is 5.97 Å². The van der Waals surface area contributed by atoms with Crippen LogP contribution in [0.5, 0.6) is 0 Å². The molecule has 0 atom stereocenters. The first-order chi connectivity index (χ1) is 24.1. The van der Waals surface area contributed by atoms with E-state index in [4.69, 9.17) is 10.8 Å². The van der Waals surface area contributed by atoms with E-state index in [2.05, 4.69) is 0 Å². The van der Waals surface area contributed by atoms with Crippen LogP contribution in [0.25, 0.3) is 0 Å². The zero-order valence-electron chi connectivity index (χ0n) is 33.2. The molecule has 0 spiro atoms. The summed E-state index contributed by atoms with van der Waals surface area (Å²) in [5.41, 5.74) is 5.18. The summed E-state index contributed by atoms with van der Waals surface area (Å²) in [4.78, 5) is 21.2. The summed E-state index contributed by atoms with van der Waals surface area (Å²) in [6.45, 7) is 0. The van der Waals surface area contributed by atoms with E-state index >= 15 is 0 Å². The van der Waals surface area contributed by atoms with Crippen molar-refractivity contribution in [3.05, 3.63) is 0 Å². The zero-order chi connectivity index (χ0) is 35.6. The van der Waals surface area contributed by atoms with Gasteiger partial charge in [0.15, 0.2) is 0 Å². The molecule has 0 rings (SSSR count). The van der Waals surface area contributed by atoms with E-state index in [1.165, 1.54) is 238 Å². The first kappa shape index (κ1) is 47.9. The molecule has 292 valence electrons. The molecule has 0 aromatic carbocycles. The van der Waals surface area contributed by atoms with E-state index in [1.807, 2.05) is 0 Å². The Morgan fingerprint density at radius 3 is 0.490 bits per heavy atom. The van der Waals surface area contributed by atoms with Gasteiger partial charge in [-0.15, -0.1) is 0 Å². The second kappa shape index (κ2) is 43.1. The standard InChI is InChI=1S/C45H89NO3/c46-44(47)42-40-38-36-34-32-30-28-26-24-22-20-18-16-14-12-10-8-6-4-2-1-3-5-7-9-11-13-15-17-19-21-23-25-27-29-31-33-35-37-39-41-43-45(48)49/h1-43H2,(H2,46,47)(H,48,49). The number of carbonyl (C=O) groups is 2. The van der Waals surface area contributed by atoms with Gasteiger partial charge in [-0.2, -0.15) is 0 Å². The quantitative estimate of drug-likeness (QED) is 0.0624. The second-order valence-corrected chi connectivity index (χ2v) is 15.9. The van der Waals surface area contributed by atoms with Crippen molar-refractivity contribution in [2.24, 2.45) is 5.73 Å². The van der Waals surface area contributed by atoms with Gasteiger partial charge in [0.05, 0.1) is 0 Å². The molecule has 0 saturated carbocycles. The minimum Gasteiger partial charge on any atom is -0.481 e. The Kier molecular flexibility index (Phi) is 42.2. The number of carboxylic acids is 1. The van der Waals surface area contributed by atoms with E-state index in [9.17, 15) is 9.59 Å². The molecule has 0 aromatic heterocycles. The Hall–Kier alpha value is -1.06. The smallest absolute Gasteiger partial charge is 0.303 e. The first-order valence-corrected chi connectivity index (χ1v) is 22.6. The molecular weight excluding hydrogens is 602 g/mol. The summed E-state index contributed by atoms with van der Waals surface area (Å²) in [7, 11) is 0. The minimum atomic E-state index is -0.650. The van der Waals surface area contributed by atoms with Crippen molar-refractivity contribution in [2.45, 2.75) is 276 Å². The summed E-state index contributed by atoms with van der Waals surface area (Å²) >= 11 is 0. The second-order valence-electron chi connectivity index (χ2n) is 15.9. The number of rotatable bonds is 44. The number of aliphatic carboxylic acids is 1. The number of nitrogens with two attached hydrogens (primary N) is 1. The molecule has 0 aliphatic carbocycles. The van der Waals surface area contributed by atoms with Crippen molar-refractivity contribution >= 4 is 11.9 Å². The molecule has 0 aliphatic rings. The Morgan fingerprint density at radius 1 is 0.245 bits per heavy atom. The highest BCUT2D eigenvalue weighted by Crippen LogP contribution is 2.18. The fourth-order valence-corrected chi connectivity index (χ4v) is 7.47. The monoisotopic (exact) mass is 692 g/mol. The molecular formula is C45H89NO3. The fraction of sp³-hybridized carbons (Fsp3) is 0.956. The third kappa shape index (κ3) is 46.9. The number of carbonyl (C=O) groups excluding carboxylic acids is 1. The predicted octanol–water partition coefficient (Wildman–Crippen LogP) is 15.3. The average Bonchev–Trinajstić information content (AvgIpc) is 3.08. The van der Waals surface area contributed by atoms with Crippen molar-refractivity contribution in [2.75, 3.05) is 0 Å². The van der Waals surface area contributed by atoms with Gasteiger partial charge in [-0.3, -0.25) is 9.59 Å². The van der Waals surface area contributed by atoms with Gasteiger partial charge in [-0.1, -0.05) is 250 Å². The number of primary amides is 1. The molecule has 49 heavy (non-hydrogen) atoms. The lowest BCUT2D eigenvalue weighted by atomic mass is 10.0. The van der Waals surface area contributed by atoms with Crippen molar-refractivity contribution in [1.82, 2.24) is 0 Å². The number of carboxylic acid groups (broad SMARTS) is 1. The third-order valence-electron chi connectivity index (χ3n) is 10.8. The van der Waals surface area contributed by atoms with E-state index in [-0.39, 0.29) is 5.91 Å². The van der Waals surface area contributed by atoms with Crippen LogP contribution in [0.4, 0.5) is 0 Å². The van der Waals surface area contributed by atoms with Crippen LogP contribution < -0.4 is 5.73 Å². The first-order valence-electron chi connectivity index (χ1n) is 22.6. The van der Waals surface area contributed by atoms with E-state index in [1.54, 1.807) is 0 Å². The lowest BCUT2D eigenvalue weighted by molar-refractivity contribution is -0.137. The van der Waals surface area contributed by atoms with E-state index in [0.29, 0.717) is 12.8 Å². The van der Waals surface area contributed by atoms with Gasteiger partial charge in [-0.25, -0.2) is 0 Å². The highest BCUT2D eigenvalue weighted by Gasteiger charge is 2.00. The molecule has 0 aromatic rings. The van der Waals surface area contributed by atoms with Crippen LogP contribution in [0.3, 0.4) is 0 Å². The number of hydrogen-bond acceptors (Lipinski definition) is 2. The minimum absolute atomic E-state index is 0.151. The number of hydrogen-bond donors (Lipinski definition) is 2. The molecule has 0 fully saturated rings. The Morgan fingerprint density at radius 2 is 0.367 bits per heavy atom. The van der Waals surface area contributed by atoms with Gasteiger partial charge in [0, 0.05) is 12.8 Å². The Bertz CT molecular complexity index is 597. The van der Waals surface area contributed by atoms with Gasteiger partial charge in [0.1, 0.15) is 0 Å². The van der Waals surface area contributed by atoms with Crippen molar-refractivity contribution in [3.63, 3.8) is 0 Å². The van der Waals surface area contributed by atoms with Crippen LogP contribution >= 0.6 is 0 Å². The van der Waals surface area contributed by atoms with Crippen LogP contribution in [-0.2, 0) is 9.59 Å². The Labute approximate surface area is 307 Å². The number of amides is 1. The topological polar surface area (TPSA) is 80.4 Å². The molecule has 0 aliphatic heterocycles. The Balaban J connectivity index is 3.05. The van der Waals surface area contributed by atoms with Crippen molar-refractivity contribution in [1.29, 1.82) is 0 Å². The van der Waals surface area contributed by atoms with Gasteiger partial charge in [0.2, 0.25) is 5.91 Å². The molecule has 0 bridgehead atoms. The van der Waals surface area contributed by atoms with Crippen LogP contribution in [-0.4, -0.2) is 17.0 Å². The summed E-state index contributed by atoms with van der Waals surface area (Å²) in [5.74, 6) is -0.801. The van der Waals surface area contributed by atoms with Gasteiger partial charge < -0.3 is 10.8 Å². The zero-order valence-corrected chi connectivity index (χ0v) is 33.2. The fourth-order valence-electron chi connectivity index (χ4n) is 7.47. The largest absolute Gasteiger partial charge is 0.481 e. The maximum Gasteiger partial charge on any atom is 0.303 e. The normalized spacial score (nSPS) is 11.4.